The highest BCUT2D eigenvalue weighted by Gasteiger charge is 2.32. The second-order valence-electron chi connectivity index (χ2n) is 5.51. The molecule has 1 N–H and O–H groups in total. The van der Waals surface area contributed by atoms with Gasteiger partial charge >= 0.3 is 0 Å². The summed E-state index contributed by atoms with van der Waals surface area (Å²) in [6.07, 6.45) is 9.13. The Morgan fingerprint density at radius 3 is 2.47 bits per heavy atom. The van der Waals surface area contributed by atoms with Crippen LogP contribution >= 0.6 is 0 Å². The maximum atomic E-state index is 9.18. The molecule has 2 heteroatoms. The molecule has 1 unspecified atom stereocenters. The molecule has 0 amide bonds. The van der Waals surface area contributed by atoms with Gasteiger partial charge in [-0.1, -0.05) is 0 Å². The molecule has 0 heterocycles. The van der Waals surface area contributed by atoms with Gasteiger partial charge in [-0.05, 0) is 64.3 Å². The first kappa shape index (κ1) is 11.4. The summed E-state index contributed by atoms with van der Waals surface area (Å²) in [6.45, 7) is 4.52. The fourth-order valence-electron chi connectivity index (χ4n) is 2.25. The summed E-state index contributed by atoms with van der Waals surface area (Å²) in [5.41, 5.74) is 0. The Bertz CT molecular complexity index is 185. The van der Waals surface area contributed by atoms with E-state index in [4.69, 9.17) is 0 Å². The van der Waals surface area contributed by atoms with E-state index in [-0.39, 0.29) is 6.10 Å². The molecule has 2 aliphatic rings. The lowest BCUT2D eigenvalue weighted by molar-refractivity contribution is 0.175. The van der Waals surface area contributed by atoms with Gasteiger partial charge in [-0.3, -0.25) is 0 Å². The molecule has 0 aliphatic heterocycles. The Labute approximate surface area is 93.7 Å². The van der Waals surface area contributed by atoms with E-state index >= 15 is 0 Å². The third kappa shape index (κ3) is 4.52. The summed E-state index contributed by atoms with van der Waals surface area (Å²) < 4.78 is 0. The summed E-state index contributed by atoms with van der Waals surface area (Å²) in [5, 5.41) is 9.18. The van der Waals surface area contributed by atoms with E-state index in [0.29, 0.717) is 0 Å². The average Bonchev–Trinajstić information content (AvgIpc) is 3.00. The lowest BCUT2D eigenvalue weighted by atomic mass is 10.1. The minimum absolute atomic E-state index is 0.109. The van der Waals surface area contributed by atoms with E-state index < -0.39 is 0 Å². The molecule has 0 bridgehead atoms. The van der Waals surface area contributed by atoms with Gasteiger partial charge < -0.3 is 10.0 Å². The van der Waals surface area contributed by atoms with Gasteiger partial charge in [0.25, 0.3) is 0 Å². The van der Waals surface area contributed by atoms with Crippen LogP contribution in [0.4, 0.5) is 0 Å². The van der Waals surface area contributed by atoms with E-state index in [1.54, 1.807) is 0 Å². The Hall–Kier alpha value is -0.0800. The van der Waals surface area contributed by atoms with Gasteiger partial charge in [-0.2, -0.15) is 0 Å². The highest BCUT2D eigenvalue weighted by atomic mass is 16.3. The van der Waals surface area contributed by atoms with E-state index in [2.05, 4.69) is 4.90 Å². The van der Waals surface area contributed by atoms with Gasteiger partial charge in [0.15, 0.2) is 0 Å². The van der Waals surface area contributed by atoms with E-state index in [1.165, 1.54) is 51.6 Å². The number of rotatable bonds is 8. The van der Waals surface area contributed by atoms with Crippen LogP contribution in [0.5, 0.6) is 0 Å². The van der Waals surface area contributed by atoms with Gasteiger partial charge in [-0.25, -0.2) is 0 Å². The molecule has 2 aliphatic carbocycles. The number of aliphatic hydroxyl groups excluding tert-OH is 1. The van der Waals surface area contributed by atoms with Crippen molar-refractivity contribution in [2.75, 3.05) is 13.1 Å². The number of aliphatic hydroxyl groups is 1. The zero-order valence-electron chi connectivity index (χ0n) is 9.99. The monoisotopic (exact) mass is 211 g/mol. The van der Waals surface area contributed by atoms with E-state index in [1.807, 2.05) is 6.92 Å². The molecule has 2 nitrogen and oxygen atoms in total. The smallest absolute Gasteiger partial charge is 0.0512 e. The molecule has 0 saturated heterocycles. The third-order valence-electron chi connectivity index (χ3n) is 3.57. The molecule has 2 rings (SSSR count). The molecule has 2 fully saturated rings. The molecule has 0 spiro atoms. The first-order valence-electron chi connectivity index (χ1n) is 6.68. The first-order chi connectivity index (χ1) is 7.25. The van der Waals surface area contributed by atoms with Gasteiger partial charge in [0, 0.05) is 12.6 Å². The van der Waals surface area contributed by atoms with Crippen LogP contribution in [0.2, 0.25) is 0 Å². The van der Waals surface area contributed by atoms with Crippen molar-refractivity contribution < 1.29 is 5.11 Å². The molecular weight excluding hydrogens is 186 g/mol. The third-order valence-corrected chi connectivity index (χ3v) is 3.57. The molecule has 0 aromatic rings. The van der Waals surface area contributed by atoms with Gasteiger partial charge in [0.2, 0.25) is 0 Å². The van der Waals surface area contributed by atoms with Crippen molar-refractivity contribution >= 4 is 0 Å². The Balaban J connectivity index is 1.56. The quantitative estimate of drug-likeness (QED) is 0.623. The summed E-state index contributed by atoms with van der Waals surface area (Å²) >= 11 is 0. The molecule has 0 radical (unpaired) electrons. The first-order valence-corrected chi connectivity index (χ1v) is 6.68. The molecule has 1 atom stereocenters. The van der Waals surface area contributed by atoms with Gasteiger partial charge in [0.1, 0.15) is 0 Å². The van der Waals surface area contributed by atoms with Crippen LogP contribution in [0, 0.1) is 5.92 Å². The fourth-order valence-corrected chi connectivity index (χ4v) is 2.25. The van der Waals surface area contributed by atoms with Crippen molar-refractivity contribution in [3.63, 3.8) is 0 Å². The van der Waals surface area contributed by atoms with Gasteiger partial charge in [-0.15, -0.1) is 0 Å². The molecule has 88 valence electrons. The Kier molecular flexibility index (Phi) is 4.04. The number of hydrogen-bond donors (Lipinski definition) is 1. The predicted molar refractivity (Wildman–Crippen MR) is 62.9 cm³/mol. The molecule has 0 aromatic carbocycles. The van der Waals surface area contributed by atoms with Crippen LogP contribution < -0.4 is 0 Å². The normalized spacial score (nSPS) is 23.4. The Morgan fingerprint density at radius 1 is 1.20 bits per heavy atom. The zero-order chi connectivity index (χ0) is 10.7. The average molecular weight is 211 g/mol. The van der Waals surface area contributed by atoms with Crippen molar-refractivity contribution in [2.45, 2.75) is 64.0 Å². The van der Waals surface area contributed by atoms with Crippen LogP contribution in [0.25, 0.3) is 0 Å². The van der Waals surface area contributed by atoms with Crippen LogP contribution in [-0.4, -0.2) is 35.2 Å². The topological polar surface area (TPSA) is 23.5 Å². The van der Waals surface area contributed by atoms with Crippen LogP contribution in [0.1, 0.15) is 51.9 Å². The SMILES string of the molecule is CC(O)CCCCN(CC1CC1)C1CC1. The van der Waals surface area contributed by atoms with Crippen molar-refractivity contribution in [2.24, 2.45) is 5.92 Å². The highest BCUT2D eigenvalue weighted by Crippen LogP contribution is 2.34. The predicted octanol–water partition coefficient (Wildman–Crippen LogP) is 2.41. The maximum absolute atomic E-state index is 9.18. The van der Waals surface area contributed by atoms with Crippen LogP contribution in [0.3, 0.4) is 0 Å². The summed E-state index contributed by atoms with van der Waals surface area (Å²) in [5.74, 6) is 1.03. The van der Waals surface area contributed by atoms with Crippen molar-refractivity contribution in [3.8, 4) is 0 Å². The molecule has 15 heavy (non-hydrogen) atoms. The molecular formula is C13H25NO. The minimum Gasteiger partial charge on any atom is -0.393 e. The molecule has 0 aromatic heterocycles. The number of unbranched alkanes of at least 4 members (excludes halogenated alkanes) is 1. The lowest BCUT2D eigenvalue weighted by Gasteiger charge is -2.21. The lowest BCUT2D eigenvalue weighted by Crippen LogP contribution is -2.29. The van der Waals surface area contributed by atoms with Crippen molar-refractivity contribution in [1.29, 1.82) is 0 Å². The second-order valence-corrected chi connectivity index (χ2v) is 5.51. The standard InChI is InChI=1S/C13H25NO/c1-11(15)4-2-3-9-14(13-7-8-13)10-12-5-6-12/h11-13,15H,2-10H2,1H3. The van der Waals surface area contributed by atoms with Crippen molar-refractivity contribution in [1.82, 2.24) is 4.90 Å². The fraction of sp³-hybridized carbons (Fsp3) is 1.00. The van der Waals surface area contributed by atoms with Crippen LogP contribution in [0.15, 0.2) is 0 Å². The second kappa shape index (κ2) is 5.31. The maximum Gasteiger partial charge on any atom is 0.0512 e. The summed E-state index contributed by atoms with van der Waals surface area (Å²) in [7, 11) is 0. The van der Waals surface area contributed by atoms with E-state index in [9.17, 15) is 5.11 Å². The highest BCUT2D eigenvalue weighted by molar-refractivity contribution is 4.88. The number of nitrogens with zero attached hydrogens (tertiary/aromatic N) is 1. The van der Waals surface area contributed by atoms with Gasteiger partial charge in [0.05, 0.1) is 6.10 Å². The van der Waals surface area contributed by atoms with Crippen LogP contribution in [-0.2, 0) is 0 Å². The zero-order valence-corrected chi connectivity index (χ0v) is 9.99. The largest absolute Gasteiger partial charge is 0.393 e. The summed E-state index contributed by atoms with van der Waals surface area (Å²) in [4.78, 5) is 2.71. The minimum atomic E-state index is -0.109. The van der Waals surface area contributed by atoms with E-state index in [0.717, 1.165) is 18.4 Å². The number of hydrogen-bond acceptors (Lipinski definition) is 2. The Morgan fingerprint density at radius 2 is 1.93 bits per heavy atom. The summed E-state index contributed by atoms with van der Waals surface area (Å²) in [6, 6.07) is 0.928. The molecule has 2 saturated carbocycles. The van der Waals surface area contributed by atoms with Crippen molar-refractivity contribution in [3.05, 3.63) is 0 Å².